The van der Waals surface area contributed by atoms with Gasteiger partial charge in [0.15, 0.2) is 0 Å². The molecule has 0 saturated heterocycles. The molecule has 1 rings (SSSR count). The Hall–Kier alpha value is -1.24. The average Bonchev–Trinajstić information content (AvgIpc) is 2.15. The van der Waals surface area contributed by atoms with E-state index >= 15 is 0 Å². The van der Waals surface area contributed by atoms with Crippen molar-refractivity contribution in [3.63, 3.8) is 0 Å². The Balaban J connectivity index is 3.47. The molecular formula is C8H6BrF2NO3. The molecule has 0 saturated carbocycles. The highest BCUT2D eigenvalue weighted by molar-refractivity contribution is 9.08. The van der Waals surface area contributed by atoms with Crippen molar-refractivity contribution in [2.75, 3.05) is 0 Å². The van der Waals surface area contributed by atoms with Crippen LogP contribution in [0.4, 0.5) is 8.78 Å². The fourth-order valence-corrected chi connectivity index (χ4v) is 1.69. The normalized spacial score (nSPS) is 10.7. The first-order valence-corrected chi connectivity index (χ1v) is 4.89. The second-order valence-corrected chi connectivity index (χ2v) is 3.18. The van der Waals surface area contributed by atoms with E-state index in [1.807, 2.05) is 0 Å². The van der Waals surface area contributed by atoms with Crippen LogP contribution in [0.15, 0.2) is 6.20 Å². The molecule has 0 aliphatic rings. The van der Waals surface area contributed by atoms with Gasteiger partial charge in [-0.05, 0) is 0 Å². The lowest BCUT2D eigenvalue weighted by molar-refractivity contribution is 0.0691. The zero-order chi connectivity index (χ0) is 11.6. The van der Waals surface area contributed by atoms with Gasteiger partial charge in [0.25, 0.3) is 6.43 Å². The summed E-state index contributed by atoms with van der Waals surface area (Å²) in [5.74, 6) is -2.09. The molecule has 0 aromatic carbocycles. The van der Waals surface area contributed by atoms with Gasteiger partial charge in [0.2, 0.25) is 0 Å². The van der Waals surface area contributed by atoms with E-state index in [0.29, 0.717) is 6.20 Å². The van der Waals surface area contributed by atoms with Crippen molar-refractivity contribution in [1.82, 2.24) is 4.98 Å². The minimum absolute atomic E-state index is 0.115. The second kappa shape index (κ2) is 4.52. The lowest BCUT2D eigenvalue weighted by Crippen LogP contribution is -2.07. The Labute approximate surface area is 91.7 Å². The first-order valence-electron chi connectivity index (χ1n) is 3.77. The highest BCUT2D eigenvalue weighted by Gasteiger charge is 2.23. The van der Waals surface area contributed by atoms with Gasteiger partial charge in [-0.2, -0.15) is 0 Å². The van der Waals surface area contributed by atoms with E-state index in [9.17, 15) is 18.7 Å². The summed E-state index contributed by atoms with van der Waals surface area (Å²) in [6, 6.07) is 0. The zero-order valence-corrected chi connectivity index (χ0v) is 8.83. The fourth-order valence-electron chi connectivity index (χ4n) is 1.12. The predicted molar refractivity (Wildman–Crippen MR) is 50.4 cm³/mol. The van der Waals surface area contributed by atoms with E-state index in [0.717, 1.165) is 0 Å². The number of carbonyl (C=O) groups is 1. The van der Waals surface area contributed by atoms with Gasteiger partial charge >= 0.3 is 5.97 Å². The van der Waals surface area contributed by atoms with Gasteiger partial charge in [-0.25, -0.2) is 13.6 Å². The number of rotatable bonds is 3. The van der Waals surface area contributed by atoms with Crippen LogP contribution in [-0.4, -0.2) is 21.2 Å². The van der Waals surface area contributed by atoms with Crippen LogP contribution in [-0.2, 0) is 5.33 Å². The lowest BCUT2D eigenvalue weighted by Gasteiger charge is -2.09. The molecule has 0 bridgehead atoms. The number of aromatic carboxylic acids is 1. The summed E-state index contributed by atoms with van der Waals surface area (Å²) in [7, 11) is 0. The molecule has 1 heterocycles. The molecule has 0 spiro atoms. The van der Waals surface area contributed by atoms with Crippen molar-refractivity contribution in [3.8, 4) is 5.75 Å². The van der Waals surface area contributed by atoms with Crippen molar-refractivity contribution in [2.45, 2.75) is 11.8 Å². The molecule has 82 valence electrons. The second-order valence-electron chi connectivity index (χ2n) is 2.62. The first kappa shape index (κ1) is 11.8. The number of aromatic nitrogens is 1. The maximum Gasteiger partial charge on any atom is 0.339 e. The van der Waals surface area contributed by atoms with Gasteiger partial charge in [0.1, 0.15) is 17.0 Å². The number of hydrogen-bond acceptors (Lipinski definition) is 3. The highest BCUT2D eigenvalue weighted by atomic mass is 79.9. The number of halogens is 3. The third-order valence-electron chi connectivity index (χ3n) is 1.75. The largest absolute Gasteiger partial charge is 0.505 e. The van der Waals surface area contributed by atoms with Crippen molar-refractivity contribution in [3.05, 3.63) is 23.0 Å². The summed E-state index contributed by atoms with van der Waals surface area (Å²) in [6.07, 6.45) is -2.17. The molecular weight excluding hydrogens is 276 g/mol. The smallest absolute Gasteiger partial charge is 0.339 e. The van der Waals surface area contributed by atoms with E-state index in [2.05, 4.69) is 20.9 Å². The number of nitrogens with zero attached hydrogens (tertiary/aromatic N) is 1. The molecule has 1 aromatic rings. The third-order valence-corrected chi connectivity index (χ3v) is 2.31. The number of carboxylic acids is 1. The van der Waals surface area contributed by atoms with Crippen molar-refractivity contribution >= 4 is 21.9 Å². The Morgan fingerprint density at radius 3 is 2.60 bits per heavy atom. The SMILES string of the molecule is O=C(O)c1c(O)cnc(C(F)F)c1CBr. The minimum Gasteiger partial charge on any atom is -0.505 e. The molecule has 0 aliphatic carbocycles. The Kier molecular flexibility index (Phi) is 3.57. The van der Waals surface area contributed by atoms with Crippen LogP contribution >= 0.6 is 15.9 Å². The molecule has 0 radical (unpaired) electrons. The van der Waals surface area contributed by atoms with Crippen LogP contribution in [0.1, 0.15) is 28.0 Å². The number of aromatic hydroxyl groups is 1. The number of alkyl halides is 3. The molecule has 0 fully saturated rings. The van der Waals surface area contributed by atoms with E-state index in [-0.39, 0.29) is 10.9 Å². The summed E-state index contributed by atoms with van der Waals surface area (Å²) in [4.78, 5) is 14.0. The molecule has 0 atom stereocenters. The highest BCUT2D eigenvalue weighted by Crippen LogP contribution is 2.30. The van der Waals surface area contributed by atoms with Gasteiger partial charge in [0, 0.05) is 10.9 Å². The third kappa shape index (κ3) is 2.23. The van der Waals surface area contributed by atoms with Crippen LogP contribution in [0, 0.1) is 0 Å². The maximum absolute atomic E-state index is 12.4. The van der Waals surface area contributed by atoms with Gasteiger partial charge in [-0.15, -0.1) is 0 Å². The summed E-state index contributed by atoms with van der Waals surface area (Å²) in [6.45, 7) is 0. The van der Waals surface area contributed by atoms with Crippen molar-refractivity contribution in [2.24, 2.45) is 0 Å². The van der Waals surface area contributed by atoms with Gasteiger partial charge in [-0.3, -0.25) is 4.98 Å². The Morgan fingerprint density at radius 1 is 1.60 bits per heavy atom. The molecule has 0 aliphatic heterocycles. The van der Waals surface area contributed by atoms with Crippen LogP contribution in [0.2, 0.25) is 0 Å². The molecule has 0 unspecified atom stereocenters. The van der Waals surface area contributed by atoms with E-state index in [1.165, 1.54) is 0 Å². The summed E-state index contributed by atoms with van der Waals surface area (Å²) >= 11 is 2.88. The Morgan fingerprint density at radius 2 is 2.20 bits per heavy atom. The molecule has 7 heteroatoms. The molecule has 2 N–H and O–H groups in total. The van der Waals surface area contributed by atoms with Crippen molar-refractivity contribution in [1.29, 1.82) is 0 Å². The van der Waals surface area contributed by atoms with Crippen molar-refractivity contribution < 1.29 is 23.8 Å². The number of pyridine rings is 1. The molecule has 1 aromatic heterocycles. The summed E-state index contributed by atoms with van der Waals surface area (Å²) in [5, 5.41) is 17.8. The fraction of sp³-hybridized carbons (Fsp3) is 0.250. The van der Waals surface area contributed by atoms with Crippen LogP contribution in [0.3, 0.4) is 0 Å². The average molecular weight is 282 g/mol. The van der Waals surface area contributed by atoms with Crippen LogP contribution in [0.25, 0.3) is 0 Å². The van der Waals surface area contributed by atoms with E-state index in [1.54, 1.807) is 0 Å². The Bertz CT molecular complexity index is 398. The van der Waals surface area contributed by atoms with E-state index in [4.69, 9.17) is 5.11 Å². The maximum atomic E-state index is 12.4. The molecule has 0 amide bonds. The quantitative estimate of drug-likeness (QED) is 0.835. The summed E-state index contributed by atoms with van der Waals surface area (Å²) in [5.41, 5.74) is -1.39. The predicted octanol–water partition coefficient (Wildman–Crippen LogP) is 2.32. The zero-order valence-electron chi connectivity index (χ0n) is 7.25. The summed E-state index contributed by atoms with van der Waals surface area (Å²) < 4.78 is 24.9. The molecule has 15 heavy (non-hydrogen) atoms. The monoisotopic (exact) mass is 281 g/mol. The van der Waals surface area contributed by atoms with Gasteiger partial charge in [0.05, 0.1) is 6.20 Å². The van der Waals surface area contributed by atoms with Crippen LogP contribution in [0.5, 0.6) is 5.75 Å². The number of carboxylic acid groups (broad SMARTS) is 1. The minimum atomic E-state index is -2.88. The first-order chi connectivity index (χ1) is 6.99. The standard InChI is InChI=1S/C8H6BrF2NO3/c9-1-3-5(8(14)15)4(13)2-12-6(3)7(10)11/h2,7,13H,1H2,(H,14,15). The lowest BCUT2D eigenvalue weighted by atomic mass is 10.1. The number of hydrogen-bond donors (Lipinski definition) is 2. The topological polar surface area (TPSA) is 70.4 Å². The van der Waals surface area contributed by atoms with Gasteiger partial charge < -0.3 is 10.2 Å². The van der Waals surface area contributed by atoms with E-state index < -0.39 is 29.4 Å². The van der Waals surface area contributed by atoms with Crippen LogP contribution < -0.4 is 0 Å². The van der Waals surface area contributed by atoms with Gasteiger partial charge in [-0.1, -0.05) is 15.9 Å². The molecule has 4 nitrogen and oxygen atoms in total.